The lowest BCUT2D eigenvalue weighted by molar-refractivity contribution is 0.102. The maximum atomic E-state index is 12.3. The van der Waals surface area contributed by atoms with Crippen molar-refractivity contribution in [2.24, 2.45) is 0 Å². The number of anilines is 2. The number of halogens is 2. The molecule has 9 heteroatoms. The standard InChI is InChI=1S/C12H10BrN5OS.ClH/c1-6-9(2-7(14)3-15-6)17-11(19)8-4-16-18-5-10(13)20-12(8)18;/h2-5H,14H2,1H3,(H,17,19);1H. The first-order valence-corrected chi connectivity index (χ1v) is 7.31. The summed E-state index contributed by atoms with van der Waals surface area (Å²) in [6.45, 7) is 1.81. The van der Waals surface area contributed by atoms with Gasteiger partial charge in [-0.05, 0) is 28.9 Å². The smallest absolute Gasteiger partial charge is 0.260 e. The summed E-state index contributed by atoms with van der Waals surface area (Å²) in [4.78, 5) is 17.2. The van der Waals surface area contributed by atoms with Crippen LogP contribution in [0.2, 0.25) is 0 Å². The van der Waals surface area contributed by atoms with Crippen molar-refractivity contribution < 1.29 is 4.79 Å². The number of aromatic nitrogens is 3. The van der Waals surface area contributed by atoms with Gasteiger partial charge < -0.3 is 11.1 Å². The van der Waals surface area contributed by atoms with Crippen molar-refractivity contribution in [3.63, 3.8) is 0 Å². The minimum Gasteiger partial charge on any atom is -0.397 e. The van der Waals surface area contributed by atoms with Crippen LogP contribution in [-0.2, 0) is 0 Å². The fourth-order valence-electron chi connectivity index (χ4n) is 1.78. The second-order valence-corrected chi connectivity index (χ2v) is 6.61. The zero-order chi connectivity index (χ0) is 14.3. The summed E-state index contributed by atoms with van der Waals surface area (Å²) in [5.74, 6) is -0.232. The average molecular weight is 389 g/mol. The normalized spacial score (nSPS) is 10.4. The van der Waals surface area contributed by atoms with E-state index in [1.54, 1.807) is 23.0 Å². The number of hydrogen-bond acceptors (Lipinski definition) is 5. The van der Waals surface area contributed by atoms with Gasteiger partial charge in [0.1, 0.15) is 4.83 Å². The molecule has 0 spiro atoms. The fourth-order valence-corrected chi connectivity index (χ4v) is 3.22. The van der Waals surface area contributed by atoms with Crippen molar-refractivity contribution in [2.45, 2.75) is 6.92 Å². The van der Waals surface area contributed by atoms with E-state index in [0.717, 1.165) is 8.62 Å². The Labute approximate surface area is 138 Å². The molecule has 3 heterocycles. The van der Waals surface area contributed by atoms with Crippen LogP contribution in [0.1, 0.15) is 16.1 Å². The Morgan fingerprint density at radius 1 is 1.48 bits per heavy atom. The predicted octanol–water partition coefficient (Wildman–Crippen LogP) is 3.12. The Bertz CT molecular complexity index is 815. The number of hydrogen-bond donors (Lipinski definition) is 2. The third kappa shape index (κ3) is 3.02. The third-order valence-corrected chi connectivity index (χ3v) is 4.36. The van der Waals surface area contributed by atoms with Gasteiger partial charge >= 0.3 is 0 Å². The molecule has 0 atom stereocenters. The molecule has 0 aromatic carbocycles. The van der Waals surface area contributed by atoms with Gasteiger partial charge in [0.25, 0.3) is 5.91 Å². The van der Waals surface area contributed by atoms with E-state index in [-0.39, 0.29) is 18.3 Å². The van der Waals surface area contributed by atoms with Crippen LogP contribution < -0.4 is 11.1 Å². The molecule has 0 radical (unpaired) electrons. The highest BCUT2D eigenvalue weighted by Gasteiger charge is 2.16. The minimum atomic E-state index is -0.232. The second-order valence-electron chi connectivity index (χ2n) is 4.20. The van der Waals surface area contributed by atoms with Crippen LogP contribution in [0.5, 0.6) is 0 Å². The lowest BCUT2D eigenvalue weighted by atomic mass is 10.2. The van der Waals surface area contributed by atoms with E-state index in [1.165, 1.54) is 11.3 Å². The SMILES string of the molecule is Cc1ncc(N)cc1NC(=O)c1cnn2cc(Br)sc12.Cl. The van der Waals surface area contributed by atoms with E-state index < -0.39 is 0 Å². The van der Waals surface area contributed by atoms with Crippen molar-refractivity contribution >= 4 is 61.8 Å². The molecule has 1 amide bonds. The molecule has 3 aromatic rings. The van der Waals surface area contributed by atoms with Gasteiger partial charge in [0, 0.05) is 0 Å². The fraction of sp³-hybridized carbons (Fsp3) is 0.0833. The van der Waals surface area contributed by atoms with Crippen LogP contribution in [-0.4, -0.2) is 20.5 Å². The van der Waals surface area contributed by atoms with Gasteiger partial charge in [0.15, 0.2) is 0 Å². The number of nitrogens with two attached hydrogens (primary N) is 1. The average Bonchev–Trinajstić information content (AvgIpc) is 2.92. The summed E-state index contributed by atoms with van der Waals surface area (Å²) in [5.41, 5.74) is 8.02. The first-order valence-electron chi connectivity index (χ1n) is 5.71. The molecule has 0 aliphatic carbocycles. The highest BCUT2D eigenvalue weighted by Crippen LogP contribution is 2.26. The van der Waals surface area contributed by atoms with Crippen LogP contribution in [0.3, 0.4) is 0 Å². The largest absolute Gasteiger partial charge is 0.397 e. The molecule has 6 nitrogen and oxygen atoms in total. The van der Waals surface area contributed by atoms with Gasteiger partial charge in [0.05, 0.1) is 45.0 Å². The number of carbonyl (C=O) groups excluding carboxylic acids is 1. The van der Waals surface area contributed by atoms with Gasteiger partial charge in [-0.2, -0.15) is 5.10 Å². The molecule has 3 aromatic heterocycles. The second kappa shape index (κ2) is 6.00. The zero-order valence-corrected chi connectivity index (χ0v) is 14.1. The number of aryl methyl sites for hydroxylation is 1. The van der Waals surface area contributed by atoms with Gasteiger partial charge in [-0.3, -0.25) is 9.78 Å². The van der Waals surface area contributed by atoms with E-state index in [2.05, 4.69) is 31.3 Å². The molecule has 0 saturated carbocycles. The van der Waals surface area contributed by atoms with Crippen LogP contribution in [0, 0.1) is 6.92 Å². The Morgan fingerprint density at radius 3 is 3.00 bits per heavy atom. The molecule has 21 heavy (non-hydrogen) atoms. The van der Waals surface area contributed by atoms with Crippen molar-refractivity contribution in [3.05, 3.63) is 39.7 Å². The maximum absolute atomic E-state index is 12.3. The quantitative estimate of drug-likeness (QED) is 0.706. The number of fused-ring (bicyclic) bond motifs is 1. The molecular weight excluding hydrogens is 378 g/mol. The van der Waals surface area contributed by atoms with E-state index in [1.807, 2.05) is 13.1 Å². The molecule has 0 aliphatic heterocycles. The first kappa shape index (κ1) is 15.7. The Morgan fingerprint density at radius 2 is 2.24 bits per heavy atom. The number of nitrogens with one attached hydrogen (secondary N) is 1. The number of rotatable bonds is 2. The number of amides is 1. The number of pyridine rings is 1. The van der Waals surface area contributed by atoms with Gasteiger partial charge in [-0.1, -0.05) is 0 Å². The highest BCUT2D eigenvalue weighted by atomic mass is 79.9. The molecule has 0 bridgehead atoms. The Hall–Kier alpha value is -1.64. The summed E-state index contributed by atoms with van der Waals surface area (Å²) >= 11 is 4.82. The number of carbonyl (C=O) groups is 1. The molecular formula is C12H11BrClN5OS. The van der Waals surface area contributed by atoms with Gasteiger partial charge in [-0.25, -0.2) is 4.52 Å². The van der Waals surface area contributed by atoms with Crippen molar-refractivity contribution in [1.82, 2.24) is 14.6 Å². The third-order valence-electron chi connectivity index (χ3n) is 2.77. The van der Waals surface area contributed by atoms with Gasteiger partial charge in [-0.15, -0.1) is 23.7 Å². The number of nitrogens with zero attached hydrogens (tertiary/aromatic N) is 3. The van der Waals surface area contributed by atoms with Crippen LogP contribution in [0.25, 0.3) is 4.83 Å². The van der Waals surface area contributed by atoms with E-state index in [4.69, 9.17) is 5.73 Å². The summed E-state index contributed by atoms with van der Waals surface area (Å²) in [6, 6.07) is 1.69. The number of thiazole rings is 1. The number of nitrogen functional groups attached to an aromatic ring is 1. The van der Waals surface area contributed by atoms with Crippen LogP contribution >= 0.6 is 39.7 Å². The molecule has 3 rings (SSSR count). The van der Waals surface area contributed by atoms with Gasteiger partial charge in [0.2, 0.25) is 0 Å². The molecule has 0 unspecified atom stereocenters. The monoisotopic (exact) mass is 387 g/mol. The zero-order valence-electron chi connectivity index (χ0n) is 10.8. The first-order chi connectivity index (χ1) is 9.54. The van der Waals surface area contributed by atoms with Crippen molar-refractivity contribution in [1.29, 1.82) is 0 Å². The van der Waals surface area contributed by atoms with Crippen molar-refractivity contribution in [3.8, 4) is 0 Å². The highest BCUT2D eigenvalue weighted by molar-refractivity contribution is 9.11. The van der Waals surface area contributed by atoms with Crippen molar-refractivity contribution in [2.75, 3.05) is 11.1 Å². The van der Waals surface area contributed by atoms with E-state index in [9.17, 15) is 4.79 Å². The summed E-state index contributed by atoms with van der Waals surface area (Å²) in [7, 11) is 0. The topological polar surface area (TPSA) is 85.3 Å². The maximum Gasteiger partial charge on any atom is 0.260 e. The molecule has 0 fully saturated rings. The van der Waals surface area contributed by atoms with E-state index >= 15 is 0 Å². The van der Waals surface area contributed by atoms with Crippen LogP contribution in [0.15, 0.2) is 28.4 Å². The lowest BCUT2D eigenvalue weighted by Crippen LogP contribution is -2.13. The summed E-state index contributed by atoms with van der Waals surface area (Å²) in [6.07, 6.45) is 4.91. The predicted molar refractivity (Wildman–Crippen MR) is 89.4 cm³/mol. The Balaban J connectivity index is 0.00000161. The van der Waals surface area contributed by atoms with E-state index in [0.29, 0.717) is 22.6 Å². The molecule has 0 saturated heterocycles. The summed E-state index contributed by atoms with van der Waals surface area (Å²) < 4.78 is 2.57. The molecule has 0 aliphatic rings. The Kier molecular flexibility index (Phi) is 4.50. The summed E-state index contributed by atoms with van der Waals surface area (Å²) in [5, 5.41) is 6.95. The minimum absolute atomic E-state index is 0. The lowest BCUT2D eigenvalue weighted by Gasteiger charge is -2.07. The van der Waals surface area contributed by atoms with Crippen LogP contribution in [0.4, 0.5) is 11.4 Å². The molecule has 3 N–H and O–H groups in total. The molecule has 110 valence electrons.